The lowest BCUT2D eigenvalue weighted by Gasteiger charge is -2.21. The predicted molar refractivity (Wildman–Crippen MR) is 68.8 cm³/mol. The lowest BCUT2D eigenvalue weighted by Crippen LogP contribution is -2.25. The van der Waals surface area contributed by atoms with E-state index in [1.165, 1.54) is 31.9 Å². The van der Waals surface area contributed by atoms with Crippen LogP contribution in [0.25, 0.3) is 0 Å². The zero-order valence-electron chi connectivity index (χ0n) is 10.7. The van der Waals surface area contributed by atoms with Crippen molar-refractivity contribution >= 4 is 11.8 Å². The summed E-state index contributed by atoms with van der Waals surface area (Å²) in [5.41, 5.74) is 0.00000617. The molecule has 0 bridgehead atoms. The molecule has 0 aromatic carbocycles. The molecule has 1 atom stereocenters. The Morgan fingerprint density at radius 1 is 1.39 bits per heavy atom. The fourth-order valence-electron chi connectivity index (χ4n) is 2.40. The van der Waals surface area contributed by atoms with E-state index in [0.29, 0.717) is 0 Å². The highest BCUT2D eigenvalue weighted by Gasteiger charge is 2.17. The highest BCUT2D eigenvalue weighted by molar-refractivity contribution is 5.84. The molecule has 1 aliphatic heterocycles. The summed E-state index contributed by atoms with van der Waals surface area (Å²) >= 11 is 0. The fraction of sp³-hybridized carbons (Fsp3) is 0.615. The summed E-state index contributed by atoms with van der Waals surface area (Å²) in [6, 6.07) is 0. The van der Waals surface area contributed by atoms with Gasteiger partial charge in [0.25, 0.3) is 0 Å². The number of carboxylic acids is 1. The summed E-state index contributed by atoms with van der Waals surface area (Å²) in [4.78, 5) is 21.0. The lowest BCUT2D eigenvalue weighted by atomic mass is 9.98. The zero-order valence-corrected chi connectivity index (χ0v) is 10.7. The van der Waals surface area contributed by atoms with Gasteiger partial charge in [-0.1, -0.05) is 13.3 Å². The van der Waals surface area contributed by atoms with Gasteiger partial charge in [0, 0.05) is 13.1 Å². The monoisotopic (exact) mass is 249 g/mol. The van der Waals surface area contributed by atoms with Gasteiger partial charge in [-0.05, 0) is 25.2 Å². The van der Waals surface area contributed by atoms with Crippen LogP contribution in [-0.2, 0) is 0 Å². The molecule has 0 radical (unpaired) electrons. The van der Waals surface area contributed by atoms with Crippen LogP contribution in [0.2, 0.25) is 0 Å². The molecule has 5 heteroatoms. The number of carbonyl (C=O) groups is 1. The number of rotatable bonds is 3. The van der Waals surface area contributed by atoms with Crippen molar-refractivity contribution in [3.8, 4) is 0 Å². The van der Waals surface area contributed by atoms with Gasteiger partial charge in [0.15, 0.2) is 5.69 Å². The molecule has 2 rings (SSSR count). The first-order valence-corrected chi connectivity index (χ1v) is 6.51. The minimum Gasteiger partial charge on any atom is -0.476 e. The van der Waals surface area contributed by atoms with Crippen molar-refractivity contribution in [1.82, 2.24) is 9.97 Å². The second kappa shape index (κ2) is 5.80. The van der Waals surface area contributed by atoms with Crippen LogP contribution in [0, 0.1) is 5.92 Å². The van der Waals surface area contributed by atoms with E-state index in [1.807, 2.05) is 0 Å². The molecule has 1 unspecified atom stereocenters. The second-order valence-corrected chi connectivity index (χ2v) is 4.76. The molecule has 1 fully saturated rings. The van der Waals surface area contributed by atoms with Crippen molar-refractivity contribution in [2.45, 2.75) is 32.6 Å². The summed E-state index contributed by atoms with van der Waals surface area (Å²) in [6.45, 7) is 4.21. The first-order valence-electron chi connectivity index (χ1n) is 6.51. The molecule has 2 heterocycles. The van der Waals surface area contributed by atoms with Gasteiger partial charge in [0.2, 0.25) is 0 Å². The molecule has 5 nitrogen and oxygen atoms in total. The Morgan fingerprint density at radius 2 is 2.22 bits per heavy atom. The second-order valence-electron chi connectivity index (χ2n) is 4.76. The highest BCUT2D eigenvalue weighted by Crippen LogP contribution is 2.22. The van der Waals surface area contributed by atoms with Gasteiger partial charge in [0.1, 0.15) is 5.82 Å². The Kier molecular flexibility index (Phi) is 4.12. The number of hydrogen-bond donors (Lipinski definition) is 1. The van der Waals surface area contributed by atoms with Crippen LogP contribution < -0.4 is 4.90 Å². The molecule has 1 aromatic heterocycles. The van der Waals surface area contributed by atoms with Crippen molar-refractivity contribution in [2.24, 2.45) is 5.92 Å². The van der Waals surface area contributed by atoms with Gasteiger partial charge in [-0.25, -0.2) is 14.8 Å². The Balaban J connectivity index is 2.04. The Bertz CT molecular complexity index is 405. The molecule has 1 aliphatic rings. The Hall–Kier alpha value is -1.65. The number of aromatic carboxylic acids is 1. The third kappa shape index (κ3) is 2.97. The van der Waals surface area contributed by atoms with Gasteiger partial charge in [-0.2, -0.15) is 0 Å². The highest BCUT2D eigenvalue weighted by atomic mass is 16.4. The average molecular weight is 249 g/mol. The first-order chi connectivity index (χ1) is 8.70. The van der Waals surface area contributed by atoms with Gasteiger partial charge in [-0.15, -0.1) is 0 Å². The quantitative estimate of drug-likeness (QED) is 0.889. The van der Waals surface area contributed by atoms with Gasteiger partial charge in [0.05, 0.1) is 12.4 Å². The van der Waals surface area contributed by atoms with E-state index < -0.39 is 5.97 Å². The van der Waals surface area contributed by atoms with Crippen LogP contribution >= 0.6 is 0 Å². The molecule has 0 saturated carbocycles. The van der Waals surface area contributed by atoms with Crippen LogP contribution in [0.5, 0.6) is 0 Å². The molecule has 0 aliphatic carbocycles. The number of hydrogen-bond acceptors (Lipinski definition) is 4. The summed E-state index contributed by atoms with van der Waals surface area (Å²) in [5.74, 6) is 0.564. The Labute approximate surface area is 107 Å². The maximum Gasteiger partial charge on any atom is 0.356 e. The van der Waals surface area contributed by atoms with Crippen LogP contribution in [0.1, 0.15) is 43.1 Å². The third-order valence-electron chi connectivity index (χ3n) is 3.61. The minimum atomic E-state index is -1.03. The zero-order chi connectivity index (χ0) is 13.0. The van der Waals surface area contributed by atoms with Crippen molar-refractivity contribution in [3.63, 3.8) is 0 Å². The minimum absolute atomic E-state index is 0.00000617. The normalized spacial score (nSPS) is 20.5. The van der Waals surface area contributed by atoms with Gasteiger partial charge in [-0.3, -0.25) is 0 Å². The standard InChI is InChI=1S/C13H19N3O2/c1-2-10-4-3-6-16(7-5-10)12-9-14-11(8-15-12)13(17)18/h8-10H,2-7H2,1H3,(H,17,18). The number of nitrogens with zero attached hydrogens (tertiary/aromatic N) is 3. The SMILES string of the molecule is CCC1CCCN(c2cnc(C(=O)O)cn2)CC1. The molecule has 0 amide bonds. The van der Waals surface area contributed by atoms with E-state index in [4.69, 9.17) is 5.11 Å². The molecular weight excluding hydrogens is 230 g/mol. The number of carboxylic acid groups (broad SMARTS) is 1. The van der Waals surface area contributed by atoms with Crippen LogP contribution in [-0.4, -0.2) is 34.1 Å². The Morgan fingerprint density at radius 3 is 2.83 bits per heavy atom. The average Bonchev–Trinajstić information content (AvgIpc) is 2.64. The molecular formula is C13H19N3O2. The van der Waals surface area contributed by atoms with E-state index in [0.717, 1.165) is 24.8 Å². The summed E-state index contributed by atoms with van der Waals surface area (Å²) in [5, 5.41) is 8.78. The van der Waals surface area contributed by atoms with E-state index in [1.54, 1.807) is 6.20 Å². The molecule has 18 heavy (non-hydrogen) atoms. The molecule has 1 aromatic rings. The topological polar surface area (TPSA) is 66.3 Å². The van der Waals surface area contributed by atoms with E-state index in [-0.39, 0.29) is 5.69 Å². The van der Waals surface area contributed by atoms with Gasteiger partial charge >= 0.3 is 5.97 Å². The van der Waals surface area contributed by atoms with Crippen molar-refractivity contribution in [1.29, 1.82) is 0 Å². The molecule has 0 spiro atoms. The first kappa shape index (κ1) is 12.8. The largest absolute Gasteiger partial charge is 0.476 e. The molecule has 1 saturated heterocycles. The van der Waals surface area contributed by atoms with E-state index >= 15 is 0 Å². The lowest BCUT2D eigenvalue weighted by molar-refractivity contribution is 0.0690. The van der Waals surface area contributed by atoms with E-state index in [2.05, 4.69) is 21.8 Å². The third-order valence-corrected chi connectivity index (χ3v) is 3.61. The van der Waals surface area contributed by atoms with E-state index in [9.17, 15) is 4.79 Å². The smallest absolute Gasteiger partial charge is 0.356 e. The van der Waals surface area contributed by atoms with Crippen LogP contribution in [0.3, 0.4) is 0 Å². The predicted octanol–water partition coefficient (Wildman–Crippen LogP) is 2.19. The van der Waals surface area contributed by atoms with Gasteiger partial charge < -0.3 is 10.0 Å². The number of aromatic nitrogens is 2. The summed E-state index contributed by atoms with van der Waals surface area (Å²) in [6.07, 6.45) is 7.75. The number of anilines is 1. The van der Waals surface area contributed by atoms with Crippen molar-refractivity contribution in [3.05, 3.63) is 18.1 Å². The maximum absolute atomic E-state index is 10.7. The molecule has 1 N–H and O–H groups in total. The summed E-state index contributed by atoms with van der Waals surface area (Å²) in [7, 11) is 0. The molecule has 98 valence electrons. The summed E-state index contributed by atoms with van der Waals surface area (Å²) < 4.78 is 0. The van der Waals surface area contributed by atoms with Crippen molar-refractivity contribution < 1.29 is 9.90 Å². The maximum atomic E-state index is 10.7. The fourth-order valence-corrected chi connectivity index (χ4v) is 2.40. The van der Waals surface area contributed by atoms with Crippen LogP contribution in [0.4, 0.5) is 5.82 Å². The van der Waals surface area contributed by atoms with Crippen molar-refractivity contribution in [2.75, 3.05) is 18.0 Å². The van der Waals surface area contributed by atoms with Crippen LogP contribution in [0.15, 0.2) is 12.4 Å².